The van der Waals surface area contributed by atoms with Crippen LogP contribution in [0.4, 0.5) is 23.2 Å². The van der Waals surface area contributed by atoms with Gasteiger partial charge in [0.05, 0.1) is 17.1 Å². The molecule has 0 saturated carbocycles. The van der Waals surface area contributed by atoms with Crippen molar-refractivity contribution in [1.82, 2.24) is 0 Å². The Morgan fingerprint density at radius 1 is 1.00 bits per heavy atom. The zero-order chi connectivity index (χ0) is 22.2. The first kappa shape index (κ1) is 21.0. The highest BCUT2D eigenvalue weighted by Gasteiger charge is 2.31. The molecule has 0 aliphatic carbocycles. The Hall–Kier alpha value is -3.27. The van der Waals surface area contributed by atoms with E-state index >= 15 is 0 Å². The predicted octanol–water partition coefficient (Wildman–Crippen LogP) is 4.82. The number of rotatable bonds is 5. The predicted molar refractivity (Wildman–Crippen MR) is 105 cm³/mol. The summed E-state index contributed by atoms with van der Waals surface area (Å²) in [7, 11) is -4.19. The van der Waals surface area contributed by atoms with Gasteiger partial charge in [-0.15, -0.1) is 0 Å². The fourth-order valence-electron chi connectivity index (χ4n) is 3.27. The van der Waals surface area contributed by atoms with Gasteiger partial charge in [0.25, 0.3) is 10.0 Å². The highest BCUT2D eigenvalue weighted by atomic mass is 32.2. The average Bonchev–Trinajstić information content (AvgIpc) is 2.74. The molecule has 0 radical (unpaired) electrons. The first-order chi connectivity index (χ1) is 14.8. The molecule has 1 aliphatic heterocycles. The van der Waals surface area contributed by atoms with Crippen molar-refractivity contribution in [2.45, 2.75) is 11.5 Å². The van der Waals surface area contributed by atoms with Crippen LogP contribution >= 0.6 is 0 Å². The van der Waals surface area contributed by atoms with E-state index in [2.05, 4.69) is 4.74 Å². The second kappa shape index (κ2) is 8.10. The van der Waals surface area contributed by atoms with Gasteiger partial charge in [-0.2, -0.15) is 8.78 Å². The maximum absolute atomic E-state index is 14.2. The van der Waals surface area contributed by atoms with Crippen LogP contribution in [0.25, 0.3) is 11.1 Å². The molecule has 1 heterocycles. The van der Waals surface area contributed by atoms with Gasteiger partial charge in [0.1, 0.15) is 29.7 Å². The van der Waals surface area contributed by atoms with Gasteiger partial charge in [-0.3, -0.25) is 4.31 Å². The molecule has 0 spiro atoms. The van der Waals surface area contributed by atoms with Gasteiger partial charge in [0, 0.05) is 11.6 Å². The van der Waals surface area contributed by atoms with Crippen molar-refractivity contribution in [3.63, 3.8) is 0 Å². The van der Waals surface area contributed by atoms with Crippen molar-refractivity contribution in [2.24, 2.45) is 0 Å². The fraction of sp³-hybridized carbons (Fsp3) is 0.143. The minimum absolute atomic E-state index is 0.0435. The Kier molecular flexibility index (Phi) is 5.48. The number of hydrogen-bond donors (Lipinski definition) is 0. The van der Waals surface area contributed by atoms with Crippen molar-refractivity contribution in [1.29, 1.82) is 0 Å². The van der Waals surface area contributed by atoms with Crippen molar-refractivity contribution in [3.8, 4) is 22.6 Å². The minimum Gasteiger partial charge on any atom is -0.489 e. The summed E-state index contributed by atoms with van der Waals surface area (Å²) in [4.78, 5) is -0.263. The van der Waals surface area contributed by atoms with Crippen LogP contribution in [-0.2, 0) is 10.0 Å². The van der Waals surface area contributed by atoms with Crippen molar-refractivity contribution in [3.05, 3.63) is 72.3 Å². The number of sulfonamides is 1. The third-order valence-electron chi connectivity index (χ3n) is 4.64. The average molecular weight is 453 g/mol. The van der Waals surface area contributed by atoms with Crippen LogP contribution in [0.5, 0.6) is 11.5 Å². The molecule has 0 amide bonds. The molecule has 10 heteroatoms. The molecule has 31 heavy (non-hydrogen) atoms. The Bertz CT molecular complexity index is 1230. The molecule has 1 aliphatic rings. The number of halogens is 4. The Balaban J connectivity index is 1.78. The molecule has 162 valence electrons. The van der Waals surface area contributed by atoms with Gasteiger partial charge < -0.3 is 9.47 Å². The topological polar surface area (TPSA) is 55.8 Å². The van der Waals surface area contributed by atoms with E-state index in [1.807, 2.05) is 0 Å². The largest absolute Gasteiger partial charge is 0.489 e. The molecule has 0 atom stereocenters. The highest BCUT2D eigenvalue weighted by Crippen LogP contribution is 2.39. The molecule has 3 aromatic rings. The molecule has 0 N–H and O–H groups in total. The van der Waals surface area contributed by atoms with Gasteiger partial charge in [0.15, 0.2) is 0 Å². The van der Waals surface area contributed by atoms with E-state index in [0.29, 0.717) is 0 Å². The maximum Gasteiger partial charge on any atom is 0.387 e. The van der Waals surface area contributed by atoms with Gasteiger partial charge >= 0.3 is 6.61 Å². The van der Waals surface area contributed by atoms with Crippen LogP contribution < -0.4 is 13.8 Å². The summed E-state index contributed by atoms with van der Waals surface area (Å²) in [5, 5.41) is 0. The Morgan fingerprint density at radius 2 is 1.81 bits per heavy atom. The van der Waals surface area contributed by atoms with E-state index in [4.69, 9.17) is 4.74 Å². The third-order valence-corrected chi connectivity index (χ3v) is 6.45. The summed E-state index contributed by atoms with van der Waals surface area (Å²) < 4.78 is 90.2. The van der Waals surface area contributed by atoms with E-state index in [-0.39, 0.29) is 46.4 Å². The molecule has 4 rings (SSSR count). The lowest BCUT2D eigenvalue weighted by Crippen LogP contribution is -2.38. The highest BCUT2D eigenvalue weighted by molar-refractivity contribution is 7.92. The quantitative estimate of drug-likeness (QED) is 0.520. The van der Waals surface area contributed by atoms with Gasteiger partial charge in [-0.1, -0.05) is 12.1 Å². The number of alkyl halides is 2. The SMILES string of the molecule is O=S(=O)(c1cccc(OC(F)F)c1)N1CCOc2ccc(-c3cc(F)ccc3F)cc21. The van der Waals surface area contributed by atoms with Crippen LogP contribution in [0, 0.1) is 11.6 Å². The minimum atomic E-state index is -4.19. The maximum atomic E-state index is 14.2. The monoisotopic (exact) mass is 453 g/mol. The number of hydrogen-bond acceptors (Lipinski definition) is 4. The van der Waals surface area contributed by atoms with Crippen LogP contribution in [0.15, 0.2) is 65.6 Å². The molecule has 0 aromatic heterocycles. The molecular formula is C21H15F4NO4S. The summed E-state index contributed by atoms with van der Waals surface area (Å²) in [5.41, 5.74) is 0.321. The standard InChI is InChI=1S/C21H15F4NO4S/c22-14-5-6-18(23)17(11-14)13-4-7-20-19(10-13)26(8-9-29-20)31(27,28)16-3-1-2-15(12-16)30-21(24)25/h1-7,10-12,21H,8-9H2. The van der Waals surface area contributed by atoms with Crippen molar-refractivity contribution >= 4 is 15.7 Å². The number of ether oxygens (including phenoxy) is 2. The van der Waals surface area contributed by atoms with E-state index in [9.17, 15) is 26.0 Å². The zero-order valence-electron chi connectivity index (χ0n) is 15.8. The third kappa shape index (κ3) is 4.15. The molecule has 0 fully saturated rings. The second-order valence-electron chi connectivity index (χ2n) is 6.59. The Labute approximate surface area is 175 Å². The summed E-state index contributed by atoms with van der Waals surface area (Å²) in [6.07, 6.45) is 0. The number of nitrogens with zero attached hydrogens (tertiary/aromatic N) is 1. The zero-order valence-corrected chi connectivity index (χ0v) is 16.6. The lowest BCUT2D eigenvalue weighted by atomic mass is 10.0. The van der Waals surface area contributed by atoms with Gasteiger partial charge in [-0.05, 0) is 48.0 Å². The molecule has 3 aromatic carbocycles. The van der Waals surface area contributed by atoms with Crippen molar-refractivity contribution in [2.75, 3.05) is 17.5 Å². The van der Waals surface area contributed by atoms with Crippen molar-refractivity contribution < 1.29 is 35.5 Å². The van der Waals surface area contributed by atoms with Crippen LogP contribution in [0.2, 0.25) is 0 Å². The molecule has 0 bridgehead atoms. The van der Waals surface area contributed by atoms with Gasteiger partial charge in [0.2, 0.25) is 0 Å². The molecule has 0 saturated heterocycles. The molecule has 5 nitrogen and oxygen atoms in total. The molecular weight excluding hydrogens is 438 g/mol. The summed E-state index contributed by atoms with van der Waals surface area (Å²) >= 11 is 0. The second-order valence-corrected chi connectivity index (χ2v) is 8.45. The van der Waals surface area contributed by atoms with Crippen LogP contribution in [-0.4, -0.2) is 28.2 Å². The van der Waals surface area contributed by atoms with E-state index in [1.165, 1.54) is 36.4 Å². The number of anilines is 1. The summed E-state index contributed by atoms with van der Waals surface area (Å²) in [5.74, 6) is -1.40. The first-order valence-corrected chi connectivity index (χ1v) is 10.5. The Morgan fingerprint density at radius 3 is 2.58 bits per heavy atom. The lowest BCUT2D eigenvalue weighted by Gasteiger charge is -2.31. The van der Waals surface area contributed by atoms with Crippen LogP contribution in [0.3, 0.4) is 0 Å². The summed E-state index contributed by atoms with van der Waals surface area (Å²) in [6, 6.07) is 12.0. The normalized spacial score (nSPS) is 13.6. The first-order valence-electron chi connectivity index (χ1n) is 9.05. The van der Waals surface area contributed by atoms with E-state index in [0.717, 1.165) is 28.6 Å². The van der Waals surface area contributed by atoms with Crippen LogP contribution in [0.1, 0.15) is 0 Å². The lowest BCUT2D eigenvalue weighted by molar-refractivity contribution is -0.0499. The molecule has 0 unspecified atom stereocenters. The number of fused-ring (bicyclic) bond motifs is 1. The van der Waals surface area contributed by atoms with Gasteiger partial charge in [-0.25, -0.2) is 17.2 Å². The van der Waals surface area contributed by atoms with E-state index in [1.54, 1.807) is 0 Å². The van der Waals surface area contributed by atoms with E-state index < -0.39 is 28.3 Å². The smallest absolute Gasteiger partial charge is 0.387 e. The fourth-order valence-corrected chi connectivity index (χ4v) is 4.75. The summed E-state index contributed by atoms with van der Waals surface area (Å²) in [6.45, 7) is -3.12. The number of benzene rings is 3.